The van der Waals surface area contributed by atoms with Crippen molar-refractivity contribution in [1.82, 2.24) is 19.6 Å². The first kappa shape index (κ1) is 22.4. The lowest BCUT2D eigenvalue weighted by atomic mass is 10.0. The normalized spacial score (nSPS) is 25.9. The molecule has 0 N–H and O–H groups in total. The minimum absolute atomic E-state index is 0.192. The van der Waals surface area contributed by atoms with Crippen LogP contribution < -0.4 is 0 Å². The summed E-state index contributed by atoms with van der Waals surface area (Å²) < 4.78 is 4.90. The Hall–Kier alpha value is -0.850. The fourth-order valence-electron chi connectivity index (χ4n) is 4.53. The number of nitrogens with zero attached hydrogens (tertiary/aromatic N) is 4. The molecular weight excluding hydrogens is 340 g/mol. The van der Waals surface area contributed by atoms with E-state index in [1.54, 1.807) is 0 Å². The van der Waals surface area contributed by atoms with Gasteiger partial charge in [0.2, 0.25) is 0 Å². The van der Waals surface area contributed by atoms with Gasteiger partial charge in [-0.3, -0.25) is 4.90 Å². The van der Waals surface area contributed by atoms with E-state index in [0.717, 1.165) is 25.7 Å². The number of unbranched alkanes of at least 4 members (excludes halogenated alkanes) is 3. The molecule has 2 aliphatic rings. The molecule has 6 heteroatoms. The highest BCUT2D eigenvalue weighted by Gasteiger charge is 2.32. The molecule has 0 bridgehead atoms. The number of likely N-dealkylation sites (tertiary alicyclic amines) is 1. The number of carbonyl (C=O) groups is 1. The van der Waals surface area contributed by atoms with Gasteiger partial charge in [-0.05, 0) is 79.8 Å². The van der Waals surface area contributed by atoms with Crippen LogP contribution in [0.25, 0.3) is 0 Å². The fraction of sp³-hybridized carbons (Fsp3) is 0.952. The van der Waals surface area contributed by atoms with Crippen molar-refractivity contribution in [1.29, 1.82) is 0 Å². The molecule has 2 atom stereocenters. The van der Waals surface area contributed by atoms with Gasteiger partial charge in [0.05, 0.1) is 7.11 Å². The second-order valence-corrected chi connectivity index (χ2v) is 8.74. The number of ether oxygens (including phenoxy) is 1. The van der Waals surface area contributed by atoms with Gasteiger partial charge in [0.1, 0.15) is 0 Å². The Labute approximate surface area is 166 Å². The van der Waals surface area contributed by atoms with Crippen molar-refractivity contribution in [2.24, 2.45) is 0 Å². The van der Waals surface area contributed by atoms with Crippen LogP contribution in [0, 0.1) is 0 Å². The number of rotatable bonds is 8. The van der Waals surface area contributed by atoms with Crippen LogP contribution in [0.2, 0.25) is 0 Å². The molecule has 0 saturated carbocycles. The highest BCUT2D eigenvalue weighted by molar-refractivity contribution is 5.68. The molecule has 2 saturated heterocycles. The van der Waals surface area contributed by atoms with E-state index >= 15 is 0 Å². The Morgan fingerprint density at radius 3 is 2.37 bits per heavy atom. The lowest BCUT2D eigenvalue weighted by Crippen LogP contribution is -2.58. The van der Waals surface area contributed by atoms with Crippen molar-refractivity contribution in [3.8, 4) is 0 Å². The van der Waals surface area contributed by atoms with Crippen molar-refractivity contribution < 1.29 is 9.53 Å². The quantitative estimate of drug-likeness (QED) is 0.604. The van der Waals surface area contributed by atoms with E-state index in [2.05, 4.69) is 42.6 Å². The second kappa shape index (κ2) is 11.2. The number of piperidine rings is 1. The number of hydrogen-bond donors (Lipinski definition) is 0. The zero-order valence-electron chi connectivity index (χ0n) is 18.3. The number of hydrogen-bond acceptors (Lipinski definition) is 5. The summed E-state index contributed by atoms with van der Waals surface area (Å²) in [5.41, 5.74) is 0. The van der Waals surface area contributed by atoms with Gasteiger partial charge in [0.15, 0.2) is 0 Å². The van der Waals surface area contributed by atoms with Crippen molar-refractivity contribution >= 4 is 6.09 Å². The zero-order valence-corrected chi connectivity index (χ0v) is 18.3. The number of amides is 1. The predicted molar refractivity (Wildman–Crippen MR) is 111 cm³/mol. The van der Waals surface area contributed by atoms with Gasteiger partial charge in [-0.15, -0.1) is 0 Å². The predicted octanol–water partition coefficient (Wildman–Crippen LogP) is 2.73. The van der Waals surface area contributed by atoms with E-state index in [4.69, 9.17) is 4.74 Å². The van der Waals surface area contributed by atoms with E-state index in [1.165, 1.54) is 65.3 Å². The summed E-state index contributed by atoms with van der Waals surface area (Å²) in [6.07, 6.45) is 7.64. The second-order valence-electron chi connectivity index (χ2n) is 8.74. The Morgan fingerprint density at radius 2 is 1.70 bits per heavy atom. The number of methoxy groups -OCH3 is 1. The topological polar surface area (TPSA) is 39.3 Å². The van der Waals surface area contributed by atoms with Gasteiger partial charge < -0.3 is 19.4 Å². The lowest BCUT2D eigenvalue weighted by molar-refractivity contribution is 0.0354. The van der Waals surface area contributed by atoms with Crippen molar-refractivity contribution in [3.63, 3.8) is 0 Å². The van der Waals surface area contributed by atoms with Crippen molar-refractivity contribution in [2.75, 3.05) is 60.5 Å². The molecule has 0 aliphatic carbocycles. The van der Waals surface area contributed by atoms with Gasteiger partial charge in [-0.2, -0.15) is 0 Å². The molecule has 2 fully saturated rings. The minimum Gasteiger partial charge on any atom is -0.453 e. The van der Waals surface area contributed by atoms with Gasteiger partial charge in [0, 0.05) is 31.2 Å². The molecule has 0 spiro atoms. The van der Waals surface area contributed by atoms with Crippen LogP contribution in [-0.4, -0.2) is 104 Å². The molecule has 0 aromatic carbocycles. The Bertz CT molecular complexity index is 440. The molecular formula is C21H42N4O2. The molecule has 2 aliphatic heterocycles. The summed E-state index contributed by atoms with van der Waals surface area (Å²) in [5.74, 6) is 0. The molecule has 0 radical (unpaired) electrons. The number of carbonyl (C=O) groups excluding carboxylic acids is 1. The molecule has 0 aromatic heterocycles. The third-order valence-electron chi connectivity index (χ3n) is 6.54. The van der Waals surface area contributed by atoms with Crippen LogP contribution in [-0.2, 0) is 4.74 Å². The summed E-state index contributed by atoms with van der Waals surface area (Å²) in [6.45, 7) is 10.9. The standard InChI is InChI=1S/C21H42N4O2/c1-18-17-25(21(26)27-5)19(2)16-24(18)13-9-7-6-8-12-23(4)20-10-14-22(3)15-11-20/h18-20H,6-17H2,1-5H3/t18-,19+/m0/s1. The van der Waals surface area contributed by atoms with Crippen molar-refractivity contribution in [3.05, 3.63) is 0 Å². The van der Waals surface area contributed by atoms with Gasteiger partial charge in [0.25, 0.3) is 0 Å². The average molecular weight is 383 g/mol. The van der Waals surface area contributed by atoms with E-state index in [9.17, 15) is 4.79 Å². The first-order valence-corrected chi connectivity index (χ1v) is 10.9. The van der Waals surface area contributed by atoms with Crippen LogP contribution in [0.15, 0.2) is 0 Å². The Balaban J connectivity index is 1.56. The maximum absolute atomic E-state index is 11.8. The van der Waals surface area contributed by atoms with E-state index < -0.39 is 0 Å². The highest BCUT2D eigenvalue weighted by Crippen LogP contribution is 2.18. The first-order chi connectivity index (χ1) is 12.9. The Morgan fingerprint density at radius 1 is 1.04 bits per heavy atom. The molecule has 6 nitrogen and oxygen atoms in total. The minimum atomic E-state index is -0.192. The lowest BCUT2D eigenvalue weighted by Gasteiger charge is -2.43. The average Bonchev–Trinajstić information content (AvgIpc) is 2.66. The van der Waals surface area contributed by atoms with Gasteiger partial charge in [-0.1, -0.05) is 12.8 Å². The molecule has 0 unspecified atom stereocenters. The van der Waals surface area contributed by atoms with Crippen LogP contribution in [0.3, 0.4) is 0 Å². The van der Waals surface area contributed by atoms with E-state index in [0.29, 0.717) is 6.04 Å². The van der Waals surface area contributed by atoms with Gasteiger partial charge >= 0.3 is 6.09 Å². The summed E-state index contributed by atoms with van der Waals surface area (Å²) in [5, 5.41) is 0. The molecule has 2 heterocycles. The van der Waals surface area contributed by atoms with E-state index in [1.807, 2.05) is 4.90 Å². The summed E-state index contributed by atoms with van der Waals surface area (Å²) in [7, 11) is 6.00. The van der Waals surface area contributed by atoms with E-state index in [-0.39, 0.29) is 12.1 Å². The first-order valence-electron chi connectivity index (χ1n) is 10.9. The SMILES string of the molecule is COC(=O)N1C[C@H](C)N(CCCCCCN(C)C2CCN(C)CC2)C[C@H]1C. The van der Waals surface area contributed by atoms with Crippen LogP contribution in [0.1, 0.15) is 52.4 Å². The van der Waals surface area contributed by atoms with Crippen LogP contribution in [0.4, 0.5) is 4.79 Å². The largest absolute Gasteiger partial charge is 0.453 e. The third-order valence-corrected chi connectivity index (χ3v) is 6.54. The molecule has 1 amide bonds. The molecule has 27 heavy (non-hydrogen) atoms. The fourth-order valence-corrected chi connectivity index (χ4v) is 4.53. The van der Waals surface area contributed by atoms with Crippen molar-refractivity contribution in [2.45, 2.75) is 70.5 Å². The molecule has 2 rings (SSSR count). The number of piperazine rings is 1. The maximum atomic E-state index is 11.8. The molecule has 0 aromatic rings. The maximum Gasteiger partial charge on any atom is 0.409 e. The zero-order chi connectivity index (χ0) is 19.8. The summed E-state index contributed by atoms with van der Waals surface area (Å²) in [6, 6.07) is 1.43. The smallest absolute Gasteiger partial charge is 0.409 e. The summed E-state index contributed by atoms with van der Waals surface area (Å²) >= 11 is 0. The monoisotopic (exact) mass is 382 g/mol. The Kier molecular flexibility index (Phi) is 9.33. The molecule has 158 valence electrons. The van der Waals surface area contributed by atoms with Crippen LogP contribution in [0.5, 0.6) is 0 Å². The summed E-state index contributed by atoms with van der Waals surface area (Å²) in [4.78, 5) is 21.3. The highest BCUT2D eigenvalue weighted by atomic mass is 16.5. The van der Waals surface area contributed by atoms with Gasteiger partial charge in [-0.25, -0.2) is 4.79 Å². The third kappa shape index (κ3) is 6.91. The van der Waals surface area contributed by atoms with Crippen LogP contribution >= 0.6 is 0 Å².